The van der Waals surface area contributed by atoms with Gasteiger partial charge in [-0.05, 0) is 48.0 Å². The molecule has 0 amide bonds. The van der Waals surface area contributed by atoms with Crippen molar-refractivity contribution in [1.82, 2.24) is 14.8 Å². The Labute approximate surface area is 205 Å². The van der Waals surface area contributed by atoms with E-state index in [2.05, 4.69) is 10.2 Å². The molecule has 0 saturated carbocycles. The van der Waals surface area contributed by atoms with Crippen molar-refractivity contribution < 1.29 is 22.1 Å². The average Bonchev–Trinajstić information content (AvgIpc) is 3.24. The summed E-state index contributed by atoms with van der Waals surface area (Å²) in [6.45, 7) is -0.187. The maximum Gasteiger partial charge on any atom is 0.416 e. The van der Waals surface area contributed by atoms with E-state index in [-0.39, 0.29) is 29.1 Å². The van der Waals surface area contributed by atoms with Gasteiger partial charge in [-0.15, -0.1) is 10.2 Å². The van der Waals surface area contributed by atoms with Crippen LogP contribution in [0.4, 0.5) is 13.2 Å². The summed E-state index contributed by atoms with van der Waals surface area (Å²) in [6, 6.07) is 18.5. The monoisotopic (exact) mass is 525 g/mol. The third-order valence-corrected chi connectivity index (χ3v) is 6.74. The van der Waals surface area contributed by atoms with E-state index >= 15 is 0 Å². The standard InChI is InChI=1S/C23H16Cl2F3N3O2S/c24-19-10-9-15(11-20(19)25)14-34(32)22-30-29-21(31(22)17-6-2-1-3-7-17)13-33-18-8-4-5-16(12-18)23(26,27)28/h1-12H,13-14H2/t34-/m1/s1. The van der Waals surface area contributed by atoms with Crippen molar-refractivity contribution in [2.24, 2.45) is 0 Å². The van der Waals surface area contributed by atoms with Crippen molar-refractivity contribution >= 4 is 34.0 Å². The molecule has 0 spiro atoms. The van der Waals surface area contributed by atoms with Gasteiger partial charge >= 0.3 is 6.18 Å². The molecule has 0 radical (unpaired) electrons. The van der Waals surface area contributed by atoms with Crippen LogP contribution in [0.5, 0.6) is 5.75 Å². The summed E-state index contributed by atoms with van der Waals surface area (Å²) in [6.07, 6.45) is -4.49. The molecule has 0 bridgehead atoms. The van der Waals surface area contributed by atoms with Gasteiger partial charge in [0.05, 0.1) is 32.2 Å². The van der Waals surface area contributed by atoms with Gasteiger partial charge in [0.15, 0.2) is 5.82 Å². The lowest BCUT2D eigenvalue weighted by molar-refractivity contribution is -0.137. The number of ether oxygens (including phenoxy) is 1. The lowest BCUT2D eigenvalue weighted by Crippen LogP contribution is -2.11. The zero-order valence-electron chi connectivity index (χ0n) is 17.3. The Kier molecular flexibility index (Phi) is 7.25. The highest BCUT2D eigenvalue weighted by atomic mass is 35.5. The highest BCUT2D eigenvalue weighted by molar-refractivity contribution is 7.84. The molecule has 0 N–H and O–H groups in total. The van der Waals surface area contributed by atoms with Crippen molar-refractivity contribution in [2.45, 2.75) is 23.7 Å². The van der Waals surface area contributed by atoms with Gasteiger partial charge in [0.1, 0.15) is 12.4 Å². The highest BCUT2D eigenvalue weighted by Gasteiger charge is 2.30. The fourth-order valence-electron chi connectivity index (χ4n) is 3.13. The number of benzene rings is 3. The van der Waals surface area contributed by atoms with Gasteiger partial charge in [0.25, 0.3) is 0 Å². The van der Waals surface area contributed by atoms with Crippen LogP contribution < -0.4 is 4.74 Å². The summed E-state index contributed by atoms with van der Waals surface area (Å²) < 4.78 is 59.3. The lowest BCUT2D eigenvalue weighted by atomic mass is 10.2. The van der Waals surface area contributed by atoms with Crippen LogP contribution in [0.3, 0.4) is 0 Å². The van der Waals surface area contributed by atoms with Crippen LogP contribution in [0.25, 0.3) is 5.69 Å². The fourth-order valence-corrected chi connectivity index (χ4v) is 4.61. The maximum atomic E-state index is 13.2. The van der Waals surface area contributed by atoms with Gasteiger partial charge in [-0.2, -0.15) is 13.2 Å². The molecule has 5 nitrogen and oxygen atoms in total. The third kappa shape index (κ3) is 5.60. The van der Waals surface area contributed by atoms with Crippen molar-refractivity contribution in [2.75, 3.05) is 0 Å². The lowest BCUT2D eigenvalue weighted by Gasteiger charge is -2.12. The van der Waals surface area contributed by atoms with E-state index in [9.17, 15) is 17.4 Å². The number of rotatable bonds is 7. The van der Waals surface area contributed by atoms with Crippen LogP contribution in [0.2, 0.25) is 10.0 Å². The minimum Gasteiger partial charge on any atom is -0.486 e. The summed E-state index contributed by atoms with van der Waals surface area (Å²) in [5, 5.41) is 9.09. The van der Waals surface area contributed by atoms with E-state index in [1.807, 2.05) is 6.07 Å². The molecule has 176 valence electrons. The second-order valence-electron chi connectivity index (χ2n) is 7.12. The summed E-state index contributed by atoms with van der Waals surface area (Å²) in [4.78, 5) is 0. The van der Waals surface area contributed by atoms with Gasteiger partial charge < -0.3 is 4.74 Å². The van der Waals surface area contributed by atoms with Gasteiger partial charge in [0, 0.05) is 5.69 Å². The van der Waals surface area contributed by atoms with Gasteiger partial charge in [-0.1, -0.05) is 53.5 Å². The van der Waals surface area contributed by atoms with E-state index in [4.69, 9.17) is 27.9 Å². The minimum absolute atomic E-state index is 0.0240. The van der Waals surface area contributed by atoms with Gasteiger partial charge in [-0.25, -0.2) is 0 Å². The molecule has 0 aliphatic heterocycles. The molecule has 3 aromatic carbocycles. The Morgan fingerprint density at radius 2 is 1.68 bits per heavy atom. The molecule has 11 heteroatoms. The Balaban J connectivity index is 1.62. The molecule has 1 atom stereocenters. The molecular weight excluding hydrogens is 510 g/mol. The van der Waals surface area contributed by atoms with Crippen molar-refractivity contribution in [3.8, 4) is 11.4 Å². The quantitative estimate of drug-likeness (QED) is 0.277. The first-order valence-corrected chi connectivity index (χ1v) is 11.9. The second kappa shape index (κ2) is 10.2. The second-order valence-corrected chi connectivity index (χ2v) is 9.28. The Morgan fingerprint density at radius 3 is 2.38 bits per heavy atom. The summed E-state index contributed by atoms with van der Waals surface area (Å²) in [5.74, 6) is 0.410. The molecule has 0 saturated heterocycles. The number of aromatic nitrogens is 3. The molecule has 1 heterocycles. The van der Waals surface area contributed by atoms with E-state index in [0.717, 1.165) is 12.1 Å². The van der Waals surface area contributed by atoms with E-state index < -0.39 is 22.5 Å². The van der Waals surface area contributed by atoms with Crippen molar-refractivity contribution in [3.63, 3.8) is 0 Å². The number of hydrogen-bond acceptors (Lipinski definition) is 4. The van der Waals surface area contributed by atoms with E-state index in [0.29, 0.717) is 21.3 Å². The predicted molar refractivity (Wildman–Crippen MR) is 124 cm³/mol. The minimum atomic E-state index is -4.49. The highest BCUT2D eigenvalue weighted by Crippen LogP contribution is 2.31. The summed E-state index contributed by atoms with van der Waals surface area (Å²) in [7, 11) is -1.62. The molecular formula is C23H16Cl2F3N3O2S. The Bertz CT molecular complexity index is 1330. The molecule has 34 heavy (non-hydrogen) atoms. The molecule has 0 fully saturated rings. The fraction of sp³-hybridized carbons (Fsp3) is 0.130. The number of hydrogen-bond donors (Lipinski definition) is 0. The predicted octanol–water partition coefficient (Wildman–Crippen LogP) is 6.48. The van der Waals surface area contributed by atoms with Crippen LogP contribution in [0, 0.1) is 0 Å². The van der Waals surface area contributed by atoms with Crippen molar-refractivity contribution in [1.29, 1.82) is 0 Å². The Morgan fingerprint density at radius 1 is 0.912 bits per heavy atom. The smallest absolute Gasteiger partial charge is 0.416 e. The van der Waals surface area contributed by atoms with Crippen LogP contribution in [0.15, 0.2) is 78.0 Å². The largest absolute Gasteiger partial charge is 0.486 e. The van der Waals surface area contributed by atoms with Crippen LogP contribution in [-0.4, -0.2) is 19.0 Å². The molecule has 0 aliphatic carbocycles. The van der Waals surface area contributed by atoms with Gasteiger partial charge in [-0.3, -0.25) is 8.78 Å². The van der Waals surface area contributed by atoms with Crippen LogP contribution >= 0.6 is 23.2 Å². The molecule has 0 unspecified atom stereocenters. The average molecular weight is 526 g/mol. The zero-order chi connectivity index (χ0) is 24.3. The van der Waals surface area contributed by atoms with Crippen molar-refractivity contribution in [3.05, 3.63) is 99.8 Å². The molecule has 0 aliphatic rings. The summed E-state index contributed by atoms with van der Waals surface area (Å²) in [5.41, 5.74) is 0.502. The number of nitrogens with zero attached hydrogens (tertiary/aromatic N) is 3. The van der Waals surface area contributed by atoms with Crippen LogP contribution in [-0.2, 0) is 29.3 Å². The number of halogens is 5. The first-order chi connectivity index (χ1) is 16.2. The number of para-hydroxylation sites is 1. The topological polar surface area (TPSA) is 57.0 Å². The van der Waals surface area contributed by atoms with E-state index in [1.165, 1.54) is 12.1 Å². The maximum absolute atomic E-state index is 13.2. The molecule has 4 rings (SSSR count). The molecule has 1 aromatic heterocycles. The Hall–Kier alpha value is -2.88. The van der Waals surface area contributed by atoms with E-state index in [1.54, 1.807) is 47.0 Å². The summed E-state index contributed by atoms with van der Waals surface area (Å²) >= 11 is 12.0. The first kappa shape index (κ1) is 24.3. The normalized spacial score (nSPS) is 12.5. The zero-order valence-corrected chi connectivity index (χ0v) is 19.6. The number of alkyl halides is 3. The van der Waals surface area contributed by atoms with Gasteiger partial charge in [0.2, 0.25) is 5.16 Å². The third-order valence-electron chi connectivity index (χ3n) is 4.73. The first-order valence-electron chi connectivity index (χ1n) is 9.84. The molecule has 4 aromatic rings. The van der Waals surface area contributed by atoms with Crippen LogP contribution in [0.1, 0.15) is 17.0 Å². The SMILES string of the molecule is O=[S@](Cc1ccc(Cl)c(Cl)c1)c1nnc(COc2cccc(C(F)(F)F)c2)n1-c1ccccc1.